The van der Waals surface area contributed by atoms with Gasteiger partial charge in [-0.1, -0.05) is 0 Å². The van der Waals surface area contributed by atoms with E-state index in [1.165, 1.54) is 0 Å². The Kier molecular flexibility index (Phi) is 2.59. The topological polar surface area (TPSA) is 70.4 Å². The molecule has 5 heteroatoms. The van der Waals surface area contributed by atoms with Gasteiger partial charge in [0.2, 0.25) is 0 Å². The van der Waals surface area contributed by atoms with Crippen molar-refractivity contribution < 1.29 is 9.21 Å². The molecule has 0 spiro atoms. The third-order valence-electron chi connectivity index (χ3n) is 3.00. The number of H-pyrrole nitrogens is 1. The van der Waals surface area contributed by atoms with Crippen molar-refractivity contribution in [3.05, 3.63) is 52.7 Å². The number of carbonyl (C=O) groups excluding carboxylic acids is 1. The number of hydrogen-bond donors (Lipinski definition) is 2. The van der Waals surface area contributed by atoms with E-state index in [2.05, 4.69) is 15.5 Å². The lowest BCUT2D eigenvalue weighted by molar-refractivity contribution is -0.116. The molecule has 1 aliphatic rings. The van der Waals surface area contributed by atoms with Gasteiger partial charge in [-0.15, -0.1) is 0 Å². The first-order chi connectivity index (χ1) is 9.15. The van der Waals surface area contributed by atoms with Crippen LogP contribution in [0.15, 0.2) is 39.6 Å². The van der Waals surface area contributed by atoms with Crippen molar-refractivity contribution in [3.8, 4) is 0 Å². The lowest BCUT2D eigenvalue weighted by Gasteiger charge is -1.98. The first-order valence-electron chi connectivity index (χ1n) is 5.95. The van der Waals surface area contributed by atoms with Gasteiger partial charge in [-0.25, -0.2) is 5.43 Å². The molecule has 2 aromatic heterocycles. The number of aryl methyl sites for hydroxylation is 2. The molecule has 2 N–H and O–H groups in total. The van der Waals surface area contributed by atoms with E-state index < -0.39 is 0 Å². The number of hydrogen-bond acceptors (Lipinski definition) is 3. The molecule has 0 saturated heterocycles. The van der Waals surface area contributed by atoms with E-state index >= 15 is 0 Å². The fourth-order valence-corrected chi connectivity index (χ4v) is 2.11. The second-order valence-corrected chi connectivity index (χ2v) is 4.49. The first-order valence-corrected chi connectivity index (χ1v) is 5.95. The molecule has 3 rings (SSSR count). The van der Waals surface area contributed by atoms with E-state index in [-0.39, 0.29) is 5.91 Å². The van der Waals surface area contributed by atoms with Crippen LogP contribution in [0.5, 0.6) is 0 Å². The van der Waals surface area contributed by atoms with Crippen molar-refractivity contribution in [3.63, 3.8) is 0 Å². The molecule has 2 aromatic rings. The molecule has 0 aliphatic carbocycles. The highest BCUT2D eigenvalue weighted by molar-refractivity contribution is 6.32. The van der Waals surface area contributed by atoms with Crippen LogP contribution in [0.25, 0.3) is 6.08 Å². The van der Waals surface area contributed by atoms with Gasteiger partial charge in [-0.3, -0.25) is 4.79 Å². The van der Waals surface area contributed by atoms with Gasteiger partial charge in [0.1, 0.15) is 5.71 Å². The van der Waals surface area contributed by atoms with Crippen molar-refractivity contribution in [1.29, 1.82) is 0 Å². The highest BCUT2D eigenvalue weighted by atomic mass is 16.3. The minimum Gasteiger partial charge on any atom is -0.463 e. The van der Waals surface area contributed by atoms with Gasteiger partial charge >= 0.3 is 0 Å². The SMILES string of the molecule is Cc1cc(C)c(/C=C2\C(=O)NN=C2c2ccco2)[nH]1. The number of amides is 1. The molecule has 0 saturated carbocycles. The molecular weight excluding hydrogens is 242 g/mol. The molecule has 0 unspecified atom stereocenters. The van der Waals surface area contributed by atoms with E-state index in [4.69, 9.17) is 4.42 Å². The predicted octanol–water partition coefficient (Wildman–Crippen LogP) is 2.14. The van der Waals surface area contributed by atoms with Crippen LogP contribution in [-0.4, -0.2) is 16.6 Å². The van der Waals surface area contributed by atoms with Gasteiger partial charge in [-0.2, -0.15) is 5.10 Å². The number of aromatic nitrogens is 1. The van der Waals surface area contributed by atoms with Crippen molar-refractivity contribution in [1.82, 2.24) is 10.4 Å². The summed E-state index contributed by atoms with van der Waals surface area (Å²) in [5.41, 5.74) is 6.54. The van der Waals surface area contributed by atoms with Crippen molar-refractivity contribution in [2.45, 2.75) is 13.8 Å². The van der Waals surface area contributed by atoms with Crippen LogP contribution in [0.3, 0.4) is 0 Å². The summed E-state index contributed by atoms with van der Waals surface area (Å²) in [5, 5.41) is 4.01. The lowest BCUT2D eigenvalue weighted by Crippen LogP contribution is -2.13. The second kappa shape index (κ2) is 4.28. The smallest absolute Gasteiger partial charge is 0.273 e. The quantitative estimate of drug-likeness (QED) is 0.807. The summed E-state index contributed by atoms with van der Waals surface area (Å²) in [5.74, 6) is 0.351. The van der Waals surface area contributed by atoms with Crippen LogP contribution < -0.4 is 5.43 Å². The zero-order valence-electron chi connectivity index (χ0n) is 10.7. The minimum absolute atomic E-state index is 0.224. The summed E-state index contributed by atoms with van der Waals surface area (Å²) in [6.07, 6.45) is 3.36. The Balaban J connectivity index is 2.05. The average Bonchev–Trinajstić information content (AvgIpc) is 3.04. The van der Waals surface area contributed by atoms with E-state index in [1.54, 1.807) is 24.5 Å². The summed E-state index contributed by atoms with van der Waals surface area (Å²) in [6.45, 7) is 3.97. The Morgan fingerprint density at radius 1 is 1.37 bits per heavy atom. The molecule has 3 heterocycles. The number of nitrogens with zero attached hydrogens (tertiary/aromatic N) is 1. The molecule has 1 aliphatic heterocycles. The summed E-state index contributed by atoms with van der Waals surface area (Å²) in [6, 6.07) is 5.57. The van der Waals surface area contributed by atoms with Gasteiger partial charge < -0.3 is 9.40 Å². The molecule has 0 radical (unpaired) electrons. The average molecular weight is 255 g/mol. The highest BCUT2D eigenvalue weighted by Crippen LogP contribution is 2.19. The van der Waals surface area contributed by atoms with E-state index in [0.29, 0.717) is 17.0 Å². The molecule has 0 fully saturated rings. The zero-order valence-corrected chi connectivity index (χ0v) is 10.7. The number of rotatable bonds is 2. The Morgan fingerprint density at radius 2 is 2.21 bits per heavy atom. The van der Waals surface area contributed by atoms with Crippen LogP contribution in [-0.2, 0) is 4.79 Å². The van der Waals surface area contributed by atoms with Crippen LogP contribution in [0.2, 0.25) is 0 Å². The number of nitrogens with one attached hydrogen (secondary N) is 2. The predicted molar refractivity (Wildman–Crippen MR) is 71.6 cm³/mol. The Hall–Kier alpha value is -2.56. The summed E-state index contributed by atoms with van der Waals surface area (Å²) >= 11 is 0. The Morgan fingerprint density at radius 3 is 2.84 bits per heavy atom. The van der Waals surface area contributed by atoms with Crippen molar-refractivity contribution in [2.24, 2.45) is 5.10 Å². The van der Waals surface area contributed by atoms with Gasteiger partial charge in [0.05, 0.1) is 11.8 Å². The Bertz CT molecular complexity index is 690. The molecule has 0 bridgehead atoms. The minimum atomic E-state index is -0.224. The van der Waals surface area contributed by atoms with Crippen LogP contribution >= 0.6 is 0 Å². The maximum Gasteiger partial charge on any atom is 0.273 e. The molecule has 96 valence electrons. The molecule has 5 nitrogen and oxygen atoms in total. The zero-order chi connectivity index (χ0) is 13.4. The second-order valence-electron chi connectivity index (χ2n) is 4.49. The Labute approximate surface area is 110 Å². The third-order valence-corrected chi connectivity index (χ3v) is 3.00. The van der Waals surface area contributed by atoms with E-state index in [9.17, 15) is 4.79 Å². The molecule has 0 atom stereocenters. The van der Waals surface area contributed by atoms with E-state index in [0.717, 1.165) is 17.0 Å². The van der Waals surface area contributed by atoms with Gasteiger partial charge in [-0.05, 0) is 43.7 Å². The maximum absolute atomic E-state index is 11.9. The fraction of sp³-hybridized carbons (Fsp3) is 0.143. The lowest BCUT2D eigenvalue weighted by atomic mass is 10.1. The summed E-state index contributed by atoms with van der Waals surface area (Å²) in [7, 11) is 0. The van der Waals surface area contributed by atoms with Crippen LogP contribution in [0.4, 0.5) is 0 Å². The van der Waals surface area contributed by atoms with Gasteiger partial charge in [0, 0.05) is 11.4 Å². The van der Waals surface area contributed by atoms with Crippen LogP contribution in [0.1, 0.15) is 22.7 Å². The highest BCUT2D eigenvalue weighted by Gasteiger charge is 2.26. The van der Waals surface area contributed by atoms with Crippen molar-refractivity contribution >= 4 is 17.7 Å². The number of furan rings is 1. The molecule has 0 aromatic carbocycles. The van der Waals surface area contributed by atoms with Gasteiger partial charge in [0.15, 0.2) is 5.76 Å². The number of carbonyl (C=O) groups is 1. The van der Waals surface area contributed by atoms with Crippen molar-refractivity contribution in [2.75, 3.05) is 0 Å². The summed E-state index contributed by atoms with van der Waals surface area (Å²) in [4.78, 5) is 15.1. The first kappa shape index (κ1) is 11.5. The number of hydrazone groups is 1. The standard InChI is InChI=1S/C14H13N3O2/c1-8-6-9(2)15-11(8)7-10-13(16-17-14(10)18)12-4-3-5-19-12/h3-7,15H,1-2H3,(H,17,18)/b10-7-. The van der Waals surface area contributed by atoms with E-state index in [1.807, 2.05) is 19.9 Å². The molecule has 19 heavy (non-hydrogen) atoms. The third kappa shape index (κ3) is 1.99. The number of aromatic amines is 1. The molecular formula is C14H13N3O2. The largest absolute Gasteiger partial charge is 0.463 e. The fourth-order valence-electron chi connectivity index (χ4n) is 2.11. The van der Waals surface area contributed by atoms with Gasteiger partial charge in [0.25, 0.3) is 5.91 Å². The molecule has 1 amide bonds. The maximum atomic E-state index is 11.9. The summed E-state index contributed by atoms with van der Waals surface area (Å²) < 4.78 is 5.30. The normalized spacial score (nSPS) is 16.8. The van der Waals surface area contributed by atoms with Crippen LogP contribution in [0, 0.1) is 13.8 Å². The monoisotopic (exact) mass is 255 g/mol.